The second kappa shape index (κ2) is 5.93. The summed E-state index contributed by atoms with van der Waals surface area (Å²) in [6.45, 7) is 3.29. The molecule has 1 aromatic carbocycles. The Morgan fingerprint density at radius 1 is 1.24 bits per heavy atom. The fourth-order valence-electron chi connectivity index (χ4n) is 2.27. The number of aromatic nitrogens is 3. The number of nitrogens with one attached hydrogen (secondary N) is 1. The summed E-state index contributed by atoms with van der Waals surface area (Å²) in [5.41, 5.74) is 5.15. The molecule has 2 aromatic heterocycles. The molecular weight excluding hydrogens is 264 g/mol. The predicted molar refractivity (Wildman–Crippen MR) is 82.2 cm³/mol. The van der Waals surface area contributed by atoms with E-state index in [2.05, 4.69) is 27.5 Å². The highest BCUT2D eigenvalue weighted by Gasteiger charge is 2.01. The normalized spacial score (nSPS) is 11.0. The van der Waals surface area contributed by atoms with Gasteiger partial charge in [-0.1, -0.05) is 12.1 Å². The molecule has 0 amide bonds. The molecule has 0 aliphatic rings. The van der Waals surface area contributed by atoms with Crippen molar-refractivity contribution in [3.63, 3.8) is 0 Å². The van der Waals surface area contributed by atoms with Gasteiger partial charge in [-0.3, -0.25) is 0 Å². The number of anilines is 1. The molecule has 3 aromatic rings. The lowest BCUT2D eigenvalue weighted by Crippen LogP contribution is -2.03. The van der Waals surface area contributed by atoms with Gasteiger partial charge in [0.1, 0.15) is 0 Å². The van der Waals surface area contributed by atoms with Crippen LogP contribution in [0.25, 0.3) is 5.65 Å². The van der Waals surface area contributed by atoms with E-state index in [4.69, 9.17) is 4.74 Å². The van der Waals surface area contributed by atoms with E-state index < -0.39 is 0 Å². The van der Waals surface area contributed by atoms with E-state index in [0.717, 1.165) is 28.2 Å². The van der Waals surface area contributed by atoms with Gasteiger partial charge in [0.2, 0.25) is 0 Å². The molecule has 3 rings (SSSR count). The van der Waals surface area contributed by atoms with Gasteiger partial charge < -0.3 is 10.1 Å². The lowest BCUT2D eigenvalue weighted by molar-refractivity contribution is 0.185. The molecule has 0 aliphatic heterocycles. The summed E-state index contributed by atoms with van der Waals surface area (Å²) >= 11 is 0. The van der Waals surface area contributed by atoms with Crippen molar-refractivity contribution in [2.24, 2.45) is 0 Å². The Kier molecular flexibility index (Phi) is 3.83. The number of aryl methyl sites for hydroxylation is 1. The molecule has 0 atom stereocenters. The van der Waals surface area contributed by atoms with Crippen molar-refractivity contribution in [2.75, 3.05) is 12.4 Å². The summed E-state index contributed by atoms with van der Waals surface area (Å²) in [6, 6.07) is 10.2. The maximum Gasteiger partial charge on any atom is 0.155 e. The summed E-state index contributed by atoms with van der Waals surface area (Å²) in [6.07, 6.45) is 3.88. The largest absolute Gasteiger partial charge is 0.381 e. The van der Waals surface area contributed by atoms with E-state index in [0.29, 0.717) is 13.2 Å². The average molecular weight is 282 g/mol. The summed E-state index contributed by atoms with van der Waals surface area (Å²) in [4.78, 5) is 4.40. The minimum Gasteiger partial charge on any atom is -0.381 e. The van der Waals surface area contributed by atoms with Crippen LogP contribution in [-0.4, -0.2) is 21.7 Å². The first-order chi connectivity index (χ1) is 10.2. The Bertz CT molecular complexity index is 751. The molecule has 0 bridgehead atoms. The van der Waals surface area contributed by atoms with E-state index in [9.17, 15) is 0 Å². The van der Waals surface area contributed by atoms with Crippen molar-refractivity contribution >= 4 is 11.3 Å². The van der Waals surface area contributed by atoms with E-state index in [1.165, 1.54) is 0 Å². The zero-order chi connectivity index (χ0) is 14.7. The van der Waals surface area contributed by atoms with E-state index in [-0.39, 0.29) is 0 Å². The Balaban J connectivity index is 1.72. The van der Waals surface area contributed by atoms with Gasteiger partial charge in [-0.15, -0.1) is 0 Å². The summed E-state index contributed by atoms with van der Waals surface area (Å²) in [7, 11) is 1.70. The number of benzene rings is 1. The molecule has 0 spiro atoms. The van der Waals surface area contributed by atoms with Crippen LogP contribution < -0.4 is 5.32 Å². The molecule has 0 unspecified atom stereocenters. The van der Waals surface area contributed by atoms with Gasteiger partial charge in [0.05, 0.1) is 12.3 Å². The molecule has 1 N–H and O–H groups in total. The number of fused-ring (bicyclic) bond motifs is 1. The predicted octanol–water partition coefficient (Wildman–Crippen LogP) is 2.80. The number of ether oxygens (including phenoxy) is 1. The van der Waals surface area contributed by atoms with Crippen LogP contribution in [-0.2, 0) is 17.9 Å². The summed E-state index contributed by atoms with van der Waals surface area (Å²) in [5.74, 6) is 0. The van der Waals surface area contributed by atoms with Crippen molar-refractivity contribution in [3.8, 4) is 0 Å². The van der Waals surface area contributed by atoms with E-state index in [1.54, 1.807) is 7.11 Å². The Morgan fingerprint density at radius 3 is 3.00 bits per heavy atom. The molecule has 0 fully saturated rings. The molecule has 0 radical (unpaired) electrons. The molecule has 0 saturated carbocycles. The number of nitrogens with zero attached hydrogens (tertiary/aromatic N) is 3. The van der Waals surface area contributed by atoms with Crippen molar-refractivity contribution in [3.05, 3.63) is 59.5 Å². The van der Waals surface area contributed by atoms with Gasteiger partial charge in [-0.05, 0) is 24.6 Å². The molecule has 2 heterocycles. The van der Waals surface area contributed by atoms with Gasteiger partial charge >= 0.3 is 0 Å². The first-order valence-corrected chi connectivity index (χ1v) is 6.87. The monoisotopic (exact) mass is 282 g/mol. The van der Waals surface area contributed by atoms with Gasteiger partial charge in [0, 0.05) is 43.4 Å². The van der Waals surface area contributed by atoms with Crippen molar-refractivity contribution in [1.82, 2.24) is 14.6 Å². The first-order valence-electron chi connectivity index (χ1n) is 6.87. The van der Waals surface area contributed by atoms with Crippen LogP contribution >= 0.6 is 0 Å². The van der Waals surface area contributed by atoms with Crippen LogP contribution in [0.4, 0.5) is 5.69 Å². The number of methoxy groups -OCH3 is 1. The smallest absolute Gasteiger partial charge is 0.155 e. The molecule has 108 valence electrons. The van der Waals surface area contributed by atoms with Gasteiger partial charge in [0.15, 0.2) is 5.65 Å². The molecule has 21 heavy (non-hydrogen) atoms. The van der Waals surface area contributed by atoms with Crippen molar-refractivity contribution in [2.45, 2.75) is 20.1 Å². The highest BCUT2D eigenvalue weighted by Crippen LogP contribution is 2.13. The van der Waals surface area contributed by atoms with Gasteiger partial charge in [0.25, 0.3) is 0 Å². The van der Waals surface area contributed by atoms with E-state index >= 15 is 0 Å². The maximum absolute atomic E-state index is 5.15. The zero-order valence-corrected chi connectivity index (χ0v) is 12.2. The lowest BCUT2D eigenvalue weighted by atomic mass is 10.2. The Labute approximate surface area is 123 Å². The number of hydrogen-bond acceptors (Lipinski definition) is 4. The third-order valence-electron chi connectivity index (χ3n) is 3.22. The quantitative estimate of drug-likeness (QED) is 0.782. The summed E-state index contributed by atoms with van der Waals surface area (Å²) < 4.78 is 6.96. The van der Waals surface area contributed by atoms with Crippen LogP contribution in [0.1, 0.15) is 16.8 Å². The molecule has 5 heteroatoms. The molecule has 5 nitrogen and oxygen atoms in total. The number of hydrogen-bond donors (Lipinski definition) is 1. The van der Waals surface area contributed by atoms with Gasteiger partial charge in [-0.2, -0.15) is 5.10 Å². The third-order valence-corrected chi connectivity index (χ3v) is 3.22. The minimum atomic E-state index is 0.621. The fourth-order valence-corrected chi connectivity index (χ4v) is 2.27. The third kappa shape index (κ3) is 3.20. The minimum absolute atomic E-state index is 0.621. The average Bonchev–Trinajstić information content (AvgIpc) is 2.85. The molecule has 0 aliphatic carbocycles. The van der Waals surface area contributed by atoms with Crippen molar-refractivity contribution < 1.29 is 4.74 Å². The van der Waals surface area contributed by atoms with Crippen LogP contribution in [0.2, 0.25) is 0 Å². The first kappa shape index (κ1) is 13.6. The van der Waals surface area contributed by atoms with Crippen LogP contribution in [0.15, 0.2) is 42.7 Å². The fraction of sp³-hybridized carbons (Fsp3) is 0.250. The second-order valence-electron chi connectivity index (χ2n) is 5.04. The Hall–Kier alpha value is -2.40. The number of rotatable bonds is 5. The van der Waals surface area contributed by atoms with E-state index in [1.807, 2.05) is 42.0 Å². The SMILES string of the molecule is COCc1cccc(NCc2cnc3cc(C)nn3c2)c1. The molecular formula is C16H18N4O. The van der Waals surface area contributed by atoms with Crippen molar-refractivity contribution in [1.29, 1.82) is 0 Å². The zero-order valence-electron chi connectivity index (χ0n) is 12.2. The molecule has 0 saturated heterocycles. The van der Waals surface area contributed by atoms with Crippen LogP contribution in [0.3, 0.4) is 0 Å². The van der Waals surface area contributed by atoms with Crippen LogP contribution in [0, 0.1) is 6.92 Å². The standard InChI is InChI=1S/C16H18N4O/c1-12-6-16-18-9-14(10-20(16)19-12)8-17-15-5-3-4-13(7-15)11-21-2/h3-7,9-10,17H,8,11H2,1-2H3. The second-order valence-corrected chi connectivity index (χ2v) is 5.04. The highest BCUT2D eigenvalue weighted by molar-refractivity contribution is 5.46. The summed E-state index contributed by atoms with van der Waals surface area (Å²) in [5, 5.41) is 7.77. The maximum atomic E-state index is 5.15. The van der Waals surface area contributed by atoms with Crippen LogP contribution in [0.5, 0.6) is 0 Å². The topological polar surface area (TPSA) is 51.5 Å². The lowest BCUT2D eigenvalue weighted by Gasteiger charge is -2.08. The highest BCUT2D eigenvalue weighted by atomic mass is 16.5. The Morgan fingerprint density at radius 2 is 2.14 bits per heavy atom. The van der Waals surface area contributed by atoms with Gasteiger partial charge in [-0.25, -0.2) is 9.50 Å².